The van der Waals surface area contributed by atoms with Crippen LogP contribution in [0.25, 0.3) is 0 Å². The van der Waals surface area contributed by atoms with Gasteiger partial charge in [-0.3, -0.25) is 4.99 Å². The molecule has 0 amide bonds. The van der Waals surface area contributed by atoms with E-state index in [1.165, 1.54) is 0 Å². The second-order valence-electron chi connectivity index (χ2n) is 4.08. The van der Waals surface area contributed by atoms with E-state index in [1.54, 1.807) is 6.07 Å². The van der Waals surface area contributed by atoms with Crippen LogP contribution in [0.5, 0.6) is 0 Å². The van der Waals surface area contributed by atoms with E-state index in [2.05, 4.69) is 32.5 Å². The zero-order valence-corrected chi connectivity index (χ0v) is 11.3. The van der Waals surface area contributed by atoms with Gasteiger partial charge in [0, 0.05) is 26.2 Å². The van der Waals surface area contributed by atoms with Gasteiger partial charge in [0.25, 0.3) is 0 Å². The minimum Gasteiger partial charge on any atom is -0.354 e. The van der Waals surface area contributed by atoms with Crippen LogP contribution in [0.4, 0.5) is 11.8 Å². The predicted molar refractivity (Wildman–Crippen MR) is 74.5 cm³/mol. The monoisotopic (exact) mass is 268 g/mol. The van der Waals surface area contributed by atoms with E-state index in [4.69, 9.17) is 11.6 Å². The first-order valence-corrected chi connectivity index (χ1v) is 6.38. The fourth-order valence-electron chi connectivity index (χ4n) is 1.68. The number of nitrogens with one attached hydrogen (secondary N) is 2. The number of halogens is 1. The van der Waals surface area contributed by atoms with Crippen molar-refractivity contribution in [2.75, 3.05) is 36.9 Å². The largest absolute Gasteiger partial charge is 0.354 e. The van der Waals surface area contributed by atoms with Crippen LogP contribution in [0, 0.1) is 0 Å². The molecule has 2 N–H and O–H groups in total. The van der Waals surface area contributed by atoms with Gasteiger partial charge in [-0.2, -0.15) is 4.98 Å². The first-order valence-electron chi connectivity index (χ1n) is 6.00. The summed E-state index contributed by atoms with van der Waals surface area (Å²) < 4.78 is 0. The SMILES string of the molecule is CCCN(C)c1nc(Cl)cc(NC2=NCCN2)n1. The summed E-state index contributed by atoms with van der Waals surface area (Å²) in [6.07, 6.45) is 1.03. The second kappa shape index (κ2) is 5.86. The zero-order valence-electron chi connectivity index (χ0n) is 10.6. The number of anilines is 2. The molecule has 7 heteroatoms. The summed E-state index contributed by atoms with van der Waals surface area (Å²) in [5, 5.41) is 6.64. The number of aromatic nitrogens is 2. The molecular weight excluding hydrogens is 252 g/mol. The average molecular weight is 269 g/mol. The van der Waals surface area contributed by atoms with E-state index < -0.39 is 0 Å². The van der Waals surface area contributed by atoms with Crippen molar-refractivity contribution in [1.29, 1.82) is 0 Å². The molecule has 1 aliphatic heterocycles. The Labute approximate surface area is 111 Å². The highest BCUT2D eigenvalue weighted by atomic mass is 35.5. The first kappa shape index (κ1) is 12.9. The normalized spacial score (nSPS) is 14.1. The maximum atomic E-state index is 6.00. The molecule has 0 fully saturated rings. The standard InChI is InChI=1S/C11H17ClN6/c1-3-6-18(2)11-15-8(12)7-9(17-11)16-10-13-4-5-14-10/h7H,3-6H2,1-2H3,(H2,13,14,15,16,17). The minimum absolute atomic E-state index is 0.420. The number of rotatable bonds is 4. The number of hydrogen-bond acceptors (Lipinski definition) is 6. The van der Waals surface area contributed by atoms with Gasteiger partial charge in [0.15, 0.2) is 5.96 Å². The van der Waals surface area contributed by atoms with Gasteiger partial charge in [-0.1, -0.05) is 18.5 Å². The van der Waals surface area contributed by atoms with E-state index in [-0.39, 0.29) is 0 Å². The Morgan fingerprint density at radius 3 is 3.00 bits per heavy atom. The fourth-order valence-corrected chi connectivity index (χ4v) is 1.86. The molecule has 0 spiro atoms. The number of aliphatic imine (C=N–C) groups is 1. The number of nitrogens with zero attached hydrogens (tertiary/aromatic N) is 4. The summed E-state index contributed by atoms with van der Waals surface area (Å²) in [5.41, 5.74) is 0. The average Bonchev–Trinajstić information content (AvgIpc) is 2.81. The topological polar surface area (TPSA) is 65.4 Å². The van der Waals surface area contributed by atoms with Crippen molar-refractivity contribution in [3.05, 3.63) is 11.2 Å². The van der Waals surface area contributed by atoms with Crippen molar-refractivity contribution in [2.24, 2.45) is 4.99 Å². The summed E-state index contributed by atoms with van der Waals surface area (Å²) in [6, 6.07) is 1.69. The molecule has 18 heavy (non-hydrogen) atoms. The highest BCUT2D eigenvalue weighted by Crippen LogP contribution is 2.16. The maximum Gasteiger partial charge on any atom is 0.228 e. The summed E-state index contributed by atoms with van der Waals surface area (Å²) in [7, 11) is 1.95. The van der Waals surface area contributed by atoms with Gasteiger partial charge in [0.1, 0.15) is 11.0 Å². The highest BCUT2D eigenvalue weighted by molar-refractivity contribution is 6.29. The maximum absolute atomic E-state index is 6.00. The molecule has 98 valence electrons. The third kappa shape index (κ3) is 3.22. The molecule has 0 atom stereocenters. The summed E-state index contributed by atoms with van der Waals surface area (Å²) in [6.45, 7) is 4.63. The lowest BCUT2D eigenvalue weighted by molar-refractivity contribution is 0.820. The van der Waals surface area contributed by atoms with Crippen LogP contribution >= 0.6 is 11.6 Å². The van der Waals surface area contributed by atoms with E-state index in [9.17, 15) is 0 Å². The second-order valence-corrected chi connectivity index (χ2v) is 4.47. The predicted octanol–water partition coefficient (Wildman–Crippen LogP) is 1.35. The van der Waals surface area contributed by atoms with Crippen LogP contribution in [0.3, 0.4) is 0 Å². The van der Waals surface area contributed by atoms with Crippen LogP contribution in [0.2, 0.25) is 5.15 Å². The Morgan fingerprint density at radius 2 is 2.33 bits per heavy atom. The van der Waals surface area contributed by atoms with Crippen molar-refractivity contribution >= 4 is 29.3 Å². The fraction of sp³-hybridized carbons (Fsp3) is 0.545. The molecule has 1 aliphatic rings. The van der Waals surface area contributed by atoms with Crippen molar-refractivity contribution < 1.29 is 0 Å². The van der Waals surface area contributed by atoms with E-state index in [1.807, 2.05) is 11.9 Å². The molecule has 0 saturated carbocycles. The molecule has 0 aromatic carbocycles. The van der Waals surface area contributed by atoms with Gasteiger partial charge in [-0.05, 0) is 6.42 Å². The highest BCUT2D eigenvalue weighted by Gasteiger charge is 2.10. The Hall–Kier alpha value is -1.56. The van der Waals surface area contributed by atoms with Crippen LogP contribution in [0.1, 0.15) is 13.3 Å². The van der Waals surface area contributed by atoms with Gasteiger partial charge < -0.3 is 15.5 Å². The van der Waals surface area contributed by atoms with E-state index in [0.29, 0.717) is 16.9 Å². The summed E-state index contributed by atoms with van der Waals surface area (Å²) >= 11 is 6.00. The lowest BCUT2D eigenvalue weighted by atomic mass is 10.4. The van der Waals surface area contributed by atoms with Crippen molar-refractivity contribution in [3.8, 4) is 0 Å². The summed E-state index contributed by atoms with van der Waals surface area (Å²) in [4.78, 5) is 14.8. The molecule has 0 bridgehead atoms. The minimum atomic E-state index is 0.420. The molecule has 1 aromatic heterocycles. The van der Waals surface area contributed by atoms with Gasteiger partial charge in [-0.25, -0.2) is 4.98 Å². The summed E-state index contributed by atoms with van der Waals surface area (Å²) in [5.74, 6) is 2.00. The van der Waals surface area contributed by atoms with Gasteiger partial charge in [-0.15, -0.1) is 0 Å². The Balaban J connectivity index is 2.15. The Kier molecular flexibility index (Phi) is 4.19. The van der Waals surface area contributed by atoms with Crippen LogP contribution < -0.4 is 15.5 Å². The van der Waals surface area contributed by atoms with Crippen LogP contribution in [-0.2, 0) is 0 Å². The van der Waals surface area contributed by atoms with Crippen LogP contribution in [-0.4, -0.2) is 42.6 Å². The Morgan fingerprint density at radius 1 is 1.50 bits per heavy atom. The third-order valence-corrected chi connectivity index (χ3v) is 2.70. The van der Waals surface area contributed by atoms with Gasteiger partial charge in [0.2, 0.25) is 5.95 Å². The quantitative estimate of drug-likeness (QED) is 0.807. The van der Waals surface area contributed by atoms with Gasteiger partial charge in [0.05, 0.1) is 6.54 Å². The smallest absolute Gasteiger partial charge is 0.228 e. The number of guanidine groups is 1. The molecule has 0 aliphatic carbocycles. The molecule has 2 heterocycles. The van der Waals surface area contributed by atoms with Crippen molar-refractivity contribution in [1.82, 2.24) is 15.3 Å². The molecule has 1 aromatic rings. The van der Waals surface area contributed by atoms with Crippen molar-refractivity contribution in [2.45, 2.75) is 13.3 Å². The molecule has 2 rings (SSSR count). The number of hydrogen-bond donors (Lipinski definition) is 2. The lowest BCUT2D eigenvalue weighted by Gasteiger charge is -2.17. The van der Waals surface area contributed by atoms with Crippen LogP contribution in [0.15, 0.2) is 11.1 Å². The first-order chi connectivity index (χ1) is 8.69. The lowest BCUT2D eigenvalue weighted by Crippen LogP contribution is -2.27. The Bertz CT molecular complexity index is 447. The molecule has 6 nitrogen and oxygen atoms in total. The molecule has 0 radical (unpaired) electrons. The zero-order chi connectivity index (χ0) is 13.0. The molecule has 0 unspecified atom stereocenters. The third-order valence-electron chi connectivity index (χ3n) is 2.50. The van der Waals surface area contributed by atoms with E-state index in [0.717, 1.165) is 32.0 Å². The van der Waals surface area contributed by atoms with Crippen molar-refractivity contribution in [3.63, 3.8) is 0 Å². The van der Waals surface area contributed by atoms with Gasteiger partial charge >= 0.3 is 0 Å². The molecule has 0 saturated heterocycles. The van der Waals surface area contributed by atoms with E-state index >= 15 is 0 Å². The molecular formula is C11H17ClN6.